The Morgan fingerprint density at radius 3 is 3.00 bits per heavy atom. The summed E-state index contributed by atoms with van der Waals surface area (Å²) < 4.78 is 20.7. The highest BCUT2D eigenvalue weighted by Gasteiger charge is 2.20. The van der Waals surface area contributed by atoms with Gasteiger partial charge in [-0.3, -0.25) is 0 Å². The van der Waals surface area contributed by atoms with E-state index in [-0.39, 0.29) is 5.82 Å². The summed E-state index contributed by atoms with van der Waals surface area (Å²) >= 11 is 0. The Hall–Kier alpha value is -1.39. The number of halogens is 1. The molecule has 1 aromatic heterocycles. The number of fused-ring (bicyclic) bond motifs is 1. The number of nitrogens with one attached hydrogen (secondary N) is 1. The summed E-state index contributed by atoms with van der Waals surface area (Å²) in [6, 6.07) is 5.74. The van der Waals surface area contributed by atoms with Gasteiger partial charge in [-0.15, -0.1) is 0 Å². The molecule has 0 radical (unpaired) electrons. The molecule has 1 aromatic carbocycles. The molecule has 1 aliphatic carbocycles. The van der Waals surface area contributed by atoms with E-state index in [1.54, 1.807) is 19.2 Å². The van der Waals surface area contributed by atoms with Crippen molar-refractivity contribution < 1.29 is 9.13 Å². The van der Waals surface area contributed by atoms with Crippen LogP contribution in [0.15, 0.2) is 24.4 Å². The van der Waals surface area contributed by atoms with E-state index in [1.165, 1.54) is 18.4 Å². The average molecular weight is 276 g/mol. The monoisotopic (exact) mass is 276 g/mol. The van der Waals surface area contributed by atoms with Crippen molar-refractivity contribution >= 4 is 10.9 Å². The predicted molar refractivity (Wildman–Crippen MR) is 78.3 cm³/mol. The van der Waals surface area contributed by atoms with Crippen molar-refractivity contribution in [3.63, 3.8) is 0 Å². The molecule has 3 rings (SSSR count). The van der Waals surface area contributed by atoms with E-state index in [0.29, 0.717) is 6.04 Å². The number of methoxy groups -OCH3 is 1. The molecule has 0 aliphatic heterocycles. The number of hydrogen-bond acceptors (Lipinski definition) is 2. The normalized spacial score (nSPS) is 15.1. The number of nitrogens with zero attached hydrogens (tertiary/aromatic N) is 1. The molecular formula is C16H21FN2O. The van der Waals surface area contributed by atoms with Gasteiger partial charge in [0.1, 0.15) is 5.82 Å². The van der Waals surface area contributed by atoms with E-state index in [1.807, 2.05) is 6.07 Å². The lowest BCUT2D eigenvalue weighted by Crippen LogP contribution is -2.14. The van der Waals surface area contributed by atoms with Gasteiger partial charge in [-0.1, -0.05) is 0 Å². The molecular weight excluding hydrogens is 255 g/mol. The highest BCUT2D eigenvalue weighted by atomic mass is 19.1. The Kier molecular flexibility index (Phi) is 4.03. The lowest BCUT2D eigenvalue weighted by Gasteiger charge is -2.04. The SMILES string of the molecule is COCCCn1cc(CNC2CC2)c2ccc(F)cc21. The van der Waals surface area contributed by atoms with Gasteiger partial charge in [0.25, 0.3) is 0 Å². The topological polar surface area (TPSA) is 26.2 Å². The number of ether oxygens (including phenoxy) is 1. The summed E-state index contributed by atoms with van der Waals surface area (Å²) in [4.78, 5) is 0. The van der Waals surface area contributed by atoms with Crippen LogP contribution < -0.4 is 5.32 Å². The van der Waals surface area contributed by atoms with Gasteiger partial charge in [-0.05, 0) is 43.0 Å². The zero-order chi connectivity index (χ0) is 13.9. The number of aryl methyl sites for hydroxylation is 1. The van der Waals surface area contributed by atoms with Crippen LogP contribution >= 0.6 is 0 Å². The maximum Gasteiger partial charge on any atom is 0.125 e. The van der Waals surface area contributed by atoms with Crippen LogP contribution in [0.2, 0.25) is 0 Å². The third-order valence-corrected chi connectivity index (χ3v) is 3.83. The first-order valence-corrected chi connectivity index (χ1v) is 7.27. The van der Waals surface area contributed by atoms with Crippen LogP contribution in [0.1, 0.15) is 24.8 Å². The molecule has 108 valence electrons. The molecule has 0 spiro atoms. The van der Waals surface area contributed by atoms with Gasteiger partial charge < -0.3 is 14.6 Å². The predicted octanol–water partition coefficient (Wildman–Crippen LogP) is 3.07. The minimum Gasteiger partial charge on any atom is -0.385 e. The Morgan fingerprint density at radius 2 is 2.25 bits per heavy atom. The van der Waals surface area contributed by atoms with Gasteiger partial charge in [0.2, 0.25) is 0 Å². The van der Waals surface area contributed by atoms with E-state index in [9.17, 15) is 4.39 Å². The van der Waals surface area contributed by atoms with Crippen LogP contribution in [0.5, 0.6) is 0 Å². The van der Waals surface area contributed by atoms with Crippen molar-refractivity contribution in [3.05, 3.63) is 35.8 Å². The smallest absolute Gasteiger partial charge is 0.125 e. The summed E-state index contributed by atoms with van der Waals surface area (Å²) in [5, 5.41) is 4.68. The number of aromatic nitrogens is 1. The Morgan fingerprint density at radius 1 is 1.40 bits per heavy atom. The van der Waals surface area contributed by atoms with Crippen molar-refractivity contribution in [2.45, 2.75) is 38.4 Å². The van der Waals surface area contributed by atoms with Crippen LogP contribution in [-0.2, 0) is 17.8 Å². The lowest BCUT2D eigenvalue weighted by molar-refractivity contribution is 0.190. The van der Waals surface area contributed by atoms with Crippen LogP contribution in [0.3, 0.4) is 0 Å². The van der Waals surface area contributed by atoms with E-state index in [0.717, 1.165) is 37.0 Å². The number of benzene rings is 1. The van der Waals surface area contributed by atoms with Crippen molar-refractivity contribution in [2.75, 3.05) is 13.7 Å². The fourth-order valence-electron chi connectivity index (χ4n) is 2.59. The van der Waals surface area contributed by atoms with Crippen molar-refractivity contribution in [1.82, 2.24) is 9.88 Å². The van der Waals surface area contributed by atoms with E-state index < -0.39 is 0 Å². The summed E-state index contributed by atoms with van der Waals surface area (Å²) in [5.41, 5.74) is 2.23. The van der Waals surface area contributed by atoms with Crippen LogP contribution in [0.4, 0.5) is 4.39 Å². The van der Waals surface area contributed by atoms with Gasteiger partial charge in [0.05, 0.1) is 5.52 Å². The molecule has 2 aromatic rings. The number of rotatable bonds is 7. The van der Waals surface area contributed by atoms with E-state index in [4.69, 9.17) is 4.74 Å². The molecule has 1 heterocycles. The largest absolute Gasteiger partial charge is 0.385 e. The standard InChI is InChI=1S/C16H21FN2O/c1-20-8-2-7-19-11-12(10-18-14-4-5-14)15-6-3-13(17)9-16(15)19/h3,6,9,11,14,18H,2,4-5,7-8,10H2,1H3. The Labute approximate surface area is 118 Å². The highest BCUT2D eigenvalue weighted by Crippen LogP contribution is 2.25. The van der Waals surface area contributed by atoms with Gasteiger partial charge in [0, 0.05) is 44.4 Å². The first-order valence-electron chi connectivity index (χ1n) is 7.27. The molecule has 0 bridgehead atoms. The molecule has 0 atom stereocenters. The quantitative estimate of drug-likeness (QED) is 0.787. The van der Waals surface area contributed by atoms with Crippen molar-refractivity contribution in [2.24, 2.45) is 0 Å². The van der Waals surface area contributed by atoms with Gasteiger partial charge in [-0.25, -0.2) is 4.39 Å². The molecule has 1 fully saturated rings. The molecule has 0 amide bonds. The maximum atomic E-state index is 13.5. The lowest BCUT2D eigenvalue weighted by atomic mass is 10.1. The van der Waals surface area contributed by atoms with Gasteiger partial charge >= 0.3 is 0 Å². The second kappa shape index (κ2) is 5.94. The number of hydrogen-bond donors (Lipinski definition) is 1. The second-order valence-electron chi connectivity index (χ2n) is 5.51. The van der Waals surface area contributed by atoms with Crippen LogP contribution in [0.25, 0.3) is 10.9 Å². The molecule has 0 saturated heterocycles. The molecule has 1 aliphatic rings. The maximum absolute atomic E-state index is 13.5. The Bertz CT molecular complexity index is 589. The molecule has 1 N–H and O–H groups in total. The summed E-state index contributed by atoms with van der Waals surface area (Å²) in [6.45, 7) is 2.45. The molecule has 1 saturated carbocycles. The molecule has 4 heteroatoms. The minimum atomic E-state index is -0.176. The fourth-order valence-corrected chi connectivity index (χ4v) is 2.59. The van der Waals surface area contributed by atoms with E-state index >= 15 is 0 Å². The van der Waals surface area contributed by atoms with Crippen molar-refractivity contribution in [3.8, 4) is 0 Å². The van der Waals surface area contributed by atoms with Gasteiger partial charge in [0.15, 0.2) is 0 Å². The highest BCUT2D eigenvalue weighted by molar-refractivity contribution is 5.84. The fraction of sp³-hybridized carbons (Fsp3) is 0.500. The van der Waals surface area contributed by atoms with Crippen LogP contribution in [0, 0.1) is 5.82 Å². The Balaban J connectivity index is 1.84. The van der Waals surface area contributed by atoms with E-state index in [2.05, 4.69) is 16.1 Å². The molecule has 20 heavy (non-hydrogen) atoms. The zero-order valence-corrected chi connectivity index (χ0v) is 11.9. The minimum absolute atomic E-state index is 0.176. The van der Waals surface area contributed by atoms with Crippen LogP contribution in [-0.4, -0.2) is 24.3 Å². The zero-order valence-electron chi connectivity index (χ0n) is 11.9. The molecule has 0 unspecified atom stereocenters. The average Bonchev–Trinajstić information content (AvgIpc) is 3.21. The first kappa shape index (κ1) is 13.6. The van der Waals surface area contributed by atoms with Crippen molar-refractivity contribution in [1.29, 1.82) is 0 Å². The second-order valence-corrected chi connectivity index (χ2v) is 5.51. The summed E-state index contributed by atoms with van der Waals surface area (Å²) in [6.07, 6.45) is 5.64. The first-order chi connectivity index (χ1) is 9.78. The van der Waals surface area contributed by atoms with Gasteiger partial charge in [-0.2, -0.15) is 0 Å². The third kappa shape index (κ3) is 3.02. The third-order valence-electron chi connectivity index (χ3n) is 3.83. The summed E-state index contributed by atoms with van der Waals surface area (Å²) in [7, 11) is 1.71. The summed E-state index contributed by atoms with van der Waals surface area (Å²) in [5.74, 6) is -0.176. The molecule has 3 nitrogen and oxygen atoms in total.